The minimum absolute atomic E-state index is 0.283. The number of hydrogen-bond donors (Lipinski definition) is 1. The van der Waals surface area contributed by atoms with Gasteiger partial charge < -0.3 is 15.2 Å². The van der Waals surface area contributed by atoms with E-state index in [9.17, 15) is 8.42 Å². The van der Waals surface area contributed by atoms with Crippen molar-refractivity contribution in [1.29, 1.82) is 0 Å². The molecule has 0 fully saturated rings. The first-order valence-electron chi connectivity index (χ1n) is 6.77. The fourth-order valence-corrected chi connectivity index (χ4v) is 3.70. The van der Waals surface area contributed by atoms with Gasteiger partial charge in [-0.1, -0.05) is 0 Å². The number of sulfonamides is 1. The molecule has 0 atom stereocenters. The molecule has 0 heterocycles. The number of methoxy groups -OCH3 is 2. The van der Waals surface area contributed by atoms with Crippen LogP contribution in [0.4, 0.5) is 5.69 Å². The van der Waals surface area contributed by atoms with Gasteiger partial charge in [0.15, 0.2) is 0 Å². The summed E-state index contributed by atoms with van der Waals surface area (Å²) in [6.45, 7) is 3.31. The zero-order chi connectivity index (χ0) is 15.9. The van der Waals surface area contributed by atoms with E-state index in [0.717, 1.165) is 0 Å². The first-order chi connectivity index (χ1) is 9.93. The van der Waals surface area contributed by atoms with E-state index in [1.165, 1.54) is 4.31 Å². The van der Waals surface area contributed by atoms with E-state index in [1.807, 2.05) is 0 Å². The maximum Gasteiger partial charge on any atom is 0.243 e. The zero-order valence-electron chi connectivity index (χ0n) is 12.8. The third-order valence-corrected chi connectivity index (χ3v) is 5.18. The highest BCUT2D eigenvalue weighted by Gasteiger charge is 2.25. The Labute approximate surface area is 126 Å². The standard InChI is InChI=1S/C14H24N2O4S/c1-12-11-13(15)5-6-14(12)21(17,18)16(8-10-20-3)7-4-9-19-2/h5-6,11H,4,7-10,15H2,1-3H3. The molecule has 0 aliphatic heterocycles. The van der Waals surface area contributed by atoms with Gasteiger partial charge in [0.25, 0.3) is 0 Å². The lowest BCUT2D eigenvalue weighted by molar-refractivity contribution is 0.164. The molecule has 0 radical (unpaired) electrons. The molecule has 1 rings (SSSR count). The number of nitrogens with two attached hydrogens (primary N) is 1. The summed E-state index contributed by atoms with van der Waals surface area (Å²) in [6.07, 6.45) is 0.632. The normalized spacial score (nSPS) is 12.0. The van der Waals surface area contributed by atoms with Crippen LogP contribution in [0.1, 0.15) is 12.0 Å². The van der Waals surface area contributed by atoms with Crippen LogP contribution in [0.3, 0.4) is 0 Å². The number of hydrogen-bond acceptors (Lipinski definition) is 5. The Morgan fingerprint density at radius 2 is 1.81 bits per heavy atom. The molecule has 2 N–H and O–H groups in total. The van der Waals surface area contributed by atoms with E-state index >= 15 is 0 Å². The predicted molar refractivity (Wildman–Crippen MR) is 82.7 cm³/mol. The molecule has 0 unspecified atom stereocenters. The summed E-state index contributed by atoms with van der Waals surface area (Å²) in [5.74, 6) is 0. The van der Waals surface area contributed by atoms with Crippen LogP contribution in [-0.2, 0) is 19.5 Å². The summed E-state index contributed by atoms with van der Waals surface area (Å²) in [4.78, 5) is 0.283. The summed E-state index contributed by atoms with van der Waals surface area (Å²) >= 11 is 0. The van der Waals surface area contributed by atoms with Crippen molar-refractivity contribution in [2.45, 2.75) is 18.2 Å². The molecule has 0 saturated heterocycles. The van der Waals surface area contributed by atoms with E-state index in [-0.39, 0.29) is 4.90 Å². The van der Waals surface area contributed by atoms with Crippen molar-refractivity contribution in [3.05, 3.63) is 23.8 Å². The van der Waals surface area contributed by atoms with E-state index in [0.29, 0.717) is 44.0 Å². The van der Waals surface area contributed by atoms with Gasteiger partial charge in [0.05, 0.1) is 11.5 Å². The van der Waals surface area contributed by atoms with Crippen LogP contribution >= 0.6 is 0 Å². The minimum atomic E-state index is -3.56. The van der Waals surface area contributed by atoms with E-state index in [2.05, 4.69) is 0 Å². The fraction of sp³-hybridized carbons (Fsp3) is 0.571. The Bertz CT molecular complexity index is 546. The van der Waals surface area contributed by atoms with Crippen LogP contribution in [0.15, 0.2) is 23.1 Å². The Morgan fingerprint density at radius 1 is 1.14 bits per heavy atom. The molecule has 0 bridgehead atoms. The van der Waals surface area contributed by atoms with Crippen LogP contribution in [0, 0.1) is 6.92 Å². The highest BCUT2D eigenvalue weighted by atomic mass is 32.2. The quantitative estimate of drug-likeness (QED) is 0.548. The zero-order valence-corrected chi connectivity index (χ0v) is 13.6. The number of ether oxygens (including phenoxy) is 2. The molecular formula is C14H24N2O4S. The lowest BCUT2D eigenvalue weighted by Crippen LogP contribution is -2.35. The fourth-order valence-electron chi connectivity index (χ4n) is 2.03. The number of benzene rings is 1. The van der Waals surface area contributed by atoms with Gasteiger partial charge in [0.2, 0.25) is 10.0 Å². The van der Waals surface area contributed by atoms with Crippen molar-refractivity contribution in [3.63, 3.8) is 0 Å². The summed E-state index contributed by atoms with van der Waals surface area (Å²) in [7, 11) is -0.414. The van der Waals surface area contributed by atoms with Gasteiger partial charge in [-0.3, -0.25) is 0 Å². The predicted octanol–water partition coefficient (Wildman–Crippen LogP) is 1.25. The van der Waals surface area contributed by atoms with Crippen molar-refractivity contribution in [2.24, 2.45) is 0 Å². The third-order valence-electron chi connectivity index (χ3n) is 3.12. The highest BCUT2D eigenvalue weighted by molar-refractivity contribution is 7.89. The number of rotatable bonds is 9. The van der Waals surface area contributed by atoms with Crippen LogP contribution in [0.25, 0.3) is 0 Å². The second-order valence-corrected chi connectivity index (χ2v) is 6.67. The van der Waals surface area contributed by atoms with Crippen molar-refractivity contribution in [3.8, 4) is 0 Å². The van der Waals surface area contributed by atoms with Crippen LogP contribution in [-0.4, -0.2) is 53.2 Å². The summed E-state index contributed by atoms with van der Waals surface area (Å²) in [5.41, 5.74) is 6.87. The summed E-state index contributed by atoms with van der Waals surface area (Å²) in [6, 6.07) is 4.82. The molecule has 7 heteroatoms. The smallest absolute Gasteiger partial charge is 0.243 e. The maximum absolute atomic E-state index is 12.8. The second-order valence-electron chi connectivity index (χ2n) is 4.77. The van der Waals surface area contributed by atoms with E-state index in [1.54, 1.807) is 39.3 Å². The second kappa shape index (κ2) is 8.33. The third kappa shape index (κ3) is 4.96. The monoisotopic (exact) mass is 316 g/mol. The van der Waals surface area contributed by atoms with Gasteiger partial charge in [0, 0.05) is 39.6 Å². The van der Waals surface area contributed by atoms with Crippen molar-refractivity contribution < 1.29 is 17.9 Å². The lowest BCUT2D eigenvalue weighted by atomic mass is 10.2. The van der Waals surface area contributed by atoms with Gasteiger partial charge >= 0.3 is 0 Å². The minimum Gasteiger partial charge on any atom is -0.399 e. The SMILES string of the molecule is COCCCN(CCOC)S(=O)(=O)c1ccc(N)cc1C. The van der Waals surface area contributed by atoms with Crippen molar-refractivity contribution in [2.75, 3.05) is 46.3 Å². The molecule has 6 nitrogen and oxygen atoms in total. The van der Waals surface area contributed by atoms with Crippen molar-refractivity contribution in [1.82, 2.24) is 4.31 Å². The number of aryl methyl sites for hydroxylation is 1. The largest absolute Gasteiger partial charge is 0.399 e. The van der Waals surface area contributed by atoms with Gasteiger partial charge in [-0.05, 0) is 37.1 Å². The van der Waals surface area contributed by atoms with E-state index in [4.69, 9.17) is 15.2 Å². The average molecular weight is 316 g/mol. The van der Waals surface area contributed by atoms with Gasteiger partial charge in [-0.25, -0.2) is 8.42 Å². The van der Waals surface area contributed by atoms with Gasteiger partial charge in [0.1, 0.15) is 0 Å². The Balaban J connectivity index is 3.01. The molecular weight excluding hydrogens is 292 g/mol. The molecule has 1 aromatic rings. The Morgan fingerprint density at radius 3 is 2.38 bits per heavy atom. The van der Waals surface area contributed by atoms with Crippen LogP contribution in [0.5, 0.6) is 0 Å². The Hall–Kier alpha value is -1.15. The highest BCUT2D eigenvalue weighted by Crippen LogP contribution is 2.22. The Kier molecular flexibility index (Phi) is 7.10. The molecule has 0 spiro atoms. The molecule has 120 valence electrons. The molecule has 0 aliphatic carbocycles. The number of nitrogens with zero attached hydrogens (tertiary/aromatic N) is 1. The molecule has 21 heavy (non-hydrogen) atoms. The molecule has 0 aliphatic rings. The van der Waals surface area contributed by atoms with Crippen molar-refractivity contribution >= 4 is 15.7 Å². The number of nitrogen functional groups attached to an aromatic ring is 1. The molecule has 0 saturated carbocycles. The van der Waals surface area contributed by atoms with Gasteiger partial charge in [-0.15, -0.1) is 0 Å². The first kappa shape index (κ1) is 17.9. The topological polar surface area (TPSA) is 81.9 Å². The lowest BCUT2D eigenvalue weighted by Gasteiger charge is -2.23. The summed E-state index contributed by atoms with van der Waals surface area (Å²) in [5, 5.41) is 0. The molecule has 0 aromatic heterocycles. The van der Waals surface area contributed by atoms with Gasteiger partial charge in [-0.2, -0.15) is 4.31 Å². The summed E-state index contributed by atoms with van der Waals surface area (Å²) < 4.78 is 36.9. The number of anilines is 1. The van der Waals surface area contributed by atoms with Crippen LogP contribution < -0.4 is 5.73 Å². The molecule has 1 aromatic carbocycles. The van der Waals surface area contributed by atoms with Crippen LogP contribution in [0.2, 0.25) is 0 Å². The van der Waals surface area contributed by atoms with E-state index < -0.39 is 10.0 Å². The maximum atomic E-state index is 12.8. The first-order valence-corrected chi connectivity index (χ1v) is 8.21. The molecule has 0 amide bonds. The average Bonchev–Trinajstić information content (AvgIpc) is 2.42.